The molecular formula is C15H18N2OS. The van der Waals surface area contributed by atoms with Crippen LogP contribution in [0.25, 0.3) is 0 Å². The Labute approximate surface area is 118 Å². The summed E-state index contributed by atoms with van der Waals surface area (Å²) in [6, 6.07) is 9.97. The molecule has 2 heterocycles. The second kappa shape index (κ2) is 5.78. The molecule has 3 rings (SSSR count). The number of carbonyl (C=O) groups excluding carboxylic acids is 1. The maximum atomic E-state index is 12.4. The first-order valence-electron chi connectivity index (χ1n) is 6.89. The molecule has 0 radical (unpaired) electrons. The van der Waals surface area contributed by atoms with Crippen LogP contribution in [0.4, 0.5) is 0 Å². The summed E-state index contributed by atoms with van der Waals surface area (Å²) in [4.78, 5) is 19.0. The van der Waals surface area contributed by atoms with Gasteiger partial charge < -0.3 is 4.90 Å². The number of likely N-dealkylation sites (tertiary alicyclic amines) is 1. The molecule has 0 bridgehead atoms. The summed E-state index contributed by atoms with van der Waals surface area (Å²) >= 11 is 1.70. The Morgan fingerprint density at radius 1 is 1.16 bits per heavy atom. The fourth-order valence-corrected chi connectivity index (χ4v) is 3.60. The number of aliphatic imine (C=N–C) groups is 1. The van der Waals surface area contributed by atoms with Crippen molar-refractivity contribution in [1.82, 2.24) is 4.90 Å². The van der Waals surface area contributed by atoms with Crippen LogP contribution in [0.5, 0.6) is 0 Å². The summed E-state index contributed by atoms with van der Waals surface area (Å²) in [5.41, 5.74) is 1.13. The molecule has 1 aromatic rings. The zero-order chi connectivity index (χ0) is 13.1. The first-order valence-corrected chi connectivity index (χ1v) is 7.88. The molecule has 1 aromatic carbocycles. The zero-order valence-electron chi connectivity index (χ0n) is 10.9. The monoisotopic (exact) mass is 274 g/mol. The van der Waals surface area contributed by atoms with Crippen LogP contribution in [0.1, 0.15) is 24.8 Å². The fraction of sp³-hybridized carbons (Fsp3) is 0.467. The van der Waals surface area contributed by atoms with Crippen molar-refractivity contribution in [1.29, 1.82) is 0 Å². The maximum absolute atomic E-state index is 12.4. The molecule has 4 heteroatoms. The highest BCUT2D eigenvalue weighted by Gasteiger charge is 2.29. The molecule has 3 nitrogen and oxygen atoms in total. The van der Waals surface area contributed by atoms with E-state index in [2.05, 4.69) is 17.1 Å². The van der Waals surface area contributed by atoms with Gasteiger partial charge in [-0.2, -0.15) is 0 Å². The number of benzene rings is 1. The standard InChI is InChI=1S/C15H18N2OS/c18-15(17-9-5-2-6-10-17)13-11-19-14(16-13)12-7-3-1-4-8-12/h1,3-4,7-8,13H,2,5-6,9-11H2. The Hall–Kier alpha value is -1.29. The lowest BCUT2D eigenvalue weighted by Gasteiger charge is -2.28. The van der Waals surface area contributed by atoms with E-state index in [-0.39, 0.29) is 11.9 Å². The maximum Gasteiger partial charge on any atom is 0.248 e. The van der Waals surface area contributed by atoms with E-state index in [4.69, 9.17) is 0 Å². The van der Waals surface area contributed by atoms with Gasteiger partial charge in [0.2, 0.25) is 5.91 Å². The summed E-state index contributed by atoms with van der Waals surface area (Å²) in [5, 5.41) is 1.01. The highest BCUT2D eigenvalue weighted by atomic mass is 32.2. The molecule has 1 fully saturated rings. The number of hydrogen-bond acceptors (Lipinski definition) is 3. The van der Waals surface area contributed by atoms with Gasteiger partial charge in [0.15, 0.2) is 0 Å². The summed E-state index contributed by atoms with van der Waals surface area (Å²) in [6.45, 7) is 1.83. The number of hydrogen-bond donors (Lipinski definition) is 0. The average molecular weight is 274 g/mol. The minimum atomic E-state index is -0.168. The lowest BCUT2D eigenvalue weighted by molar-refractivity contribution is -0.132. The topological polar surface area (TPSA) is 32.7 Å². The van der Waals surface area contributed by atoms with E-state index in [1.807, 2.05) is 23.1 Å². The highest BCUT2D eigenvalue weighted by Crippen LogP contribution is 2.25. The molecule has 100 valence electrons. The third-order valence-electron chi connectivity index (χ3n) is 3.62. The summed E-state index contributed by atoms with van der Waals surface area (Å²) in [6.07, 6.45) is 3.53. The van der Waals surface area contributed by atoms with Gasteiger partial charge in [0, 0.05) is 24.4 Å². The van der Waals surface area contributed by atoms with Crippen molar-refractivity contribution >= 4 is 22.7 Å². The molecule has 2 aliphatic rings. The van der Waals surface area contributed by atoms with Crippen molar-refractivity contribution in [2.24, 2.45) is 4.99 Å². The second-order valence-electron chi connectivity index (χ2n) is 5.01. The normalized spacial score (nSPS) is 23.3. The van der Waals surface area contributed by atoms with E-state index in [9.17, 15) is 4.79 Å². The van der Waals surface area contributed by atoms with Gasteiger partial charge in [-0.15, -0.1) is 11.8 Å². The minimum absolute atomic E-state index is 0.168. The Kier molecular flexibility index (Phi) is 3.87. The summed E-state index contributed by atoms with van der Waals surface area (Å²) in [7, 11) is 0. The van der Waals surface area contributed by atoms with E-state index >= 15 is 0 Å². The van der Waals surface area contributed by atoms with Crippen LogP contribution in [0.3, 0.4) is 0 Å². The average Bonchev–Trinajstić information content (AvgIpc) is 2.98. The van der Waals surface area contributed by atoms with Crippen LogP contribution < -0.4 is 0 Å². The van der Waals surface area contributed by atoms with Gasteiger partial charge in [0.05, 0.1) is 5.04 Å². The molecule has 0 saturated carbocycles. The lowest BCUT2D eigenvalue weighted by atomic mass is 10.1. The minimum Gasteiger partial charge on any atom is -0.341 e. The van der Waals surface area contributed by atoms with E-state index in [0.717, 1.165) is 42.3 Å². The quantitative estimate of drug-likeness (QED) is 0.830. The number of nitrogens with zero attached hydrogens (tertiary/aromatic N) is 2. The molecule has 19 heavy (non-hydrogen) atoms. The van der Waals surface area contributed by atoms with Crippen LogP contribution in [-0.2, 0) is 4.79 Å². The molecule has 0 N–H and O–H groups in total. The Balaban J connectivity index is 1.70. The van der Waals surface area contributed by atoms with Crippen molar-refractivity contribution in [2.75, 3.05) is 18.8 Å². The van der Waals surface area contributed by atoms with Gasteiger partial charge >= 0.3 is 0 Å². The predicted molar refractivity (Wildman–Crippen MR) is 79.7 cm³/mol. The first-order chi connectivity index (χ1) is 9.34. The Bertz CT molecular complexity index is 480. The van der Waals surface area contributed by atoms with Crippen molar-refractivity contribution in [3.8, 4) is 0 Å². The van der Waals surface area contributed by atoms with Crippen molar-refractivity contribution in [3.63, 3.8) is 0 Å². The number of piperidine rings is 1. The first kappa shape index (κ1) is 12.7. The fourth-order valence-electron chi connectivity index (χ4n) is 2.56. The smallest absolute Gasteiger partial charge is 0.248 e. The van der Waals surface area contributed by atoms with E-state index in [0.29, 0.717) is 0 Å². The summed E-state index contributed by atoms with van der Waals surface area (Å²) in [5.74, 6) is 1.01. The highest BCUT2D eigenvalue weighted by molar-refractivity contribution is 8.14. The van der Waals surface area contributed by atoms with Crippen LogP contribution in [0.15, 0.2) is 35.3 Å². The number of amides is 1. The zero-order valence-corrected chi connectivity index (χ0v) is 11.7. The van der Waals surface area contributed by atoms with Crippen LogP contribution >= 0.6 is 11.8 Å². The predicted octanol–water partition coefficient (Wildman–Crippen LogP) is 2.56. The number of carbonyl (C=O) groups is 1. The molecule has 1 saturated heterocycles. The van der Waals surface area contributed by atoms with E-state index in [1.54, 1.807) is 11.8 Å². The van der Waals surface area contributed by atoms with Crippen LogP contribution in [0.2, 0.25) is 0 Å². The van der Waals surface area contributed by atoms with Crippen LogP contribution in [-0.4, -0.2) is 40.7 Å². The Morgan fingerprint density at radius 2 is 1.89 bits per heavy atom. The van der Waals surface area contributed by atoms with Gasteiger partial charge in [0.25, 0.3) is 0 Å². The van der Waals surface area contributed by atoms with E-state index < -0.39 is 0 Å². The molecule has 0 aromatic heterocycles. The third-order valence-corrected chi connectivity index (χ3v) is 4.72. The Morgan fingerprint density at radius 3 is 2.63 bits per heavy atom. The van der Waals surface area contributed by atoms with Gasteiger partial charge in [-0.3, -0.25) is 9.79 Å². The van der Waals surface area contributed by atoms with Crippen LogP contribution in [0, 0.1) is 0 Å². The molecule has 1 amide bonds. The summed E-state index contributed by atoms with van der Waals surface area (Å²) < 4.78 is 0. The van der Waals surface area contributed by atoms with Crippen molar-refractivity contribution in [3.05, 3.63) is 35.9 Å². The van der Waals surface area contributed by atoms with Gasteiger partial charge in [-0.1, -0.05) is 30.3 Å². The van der Waals surface area contributed by atoms with Crippen molar-refractivity contribution < 1.29 is 4.79 Å². The molecule has 2 aliphatic heterocycles. The molecule has 0 spiro atoms. The van der Waals surface area contributed by atoms with E-state index in [1.165, 1.54) is 6.42 Å². The number of thioether (sulfide) groups is 1. The molecule has 1 unspecified atom stereocenters. The van der Waals surface area contributed by atoms with Gasteiger partial charge in [0.1, 0.15) is 6.04 Å². The van der Waals surface area contributed by atoms with Crippen molar-refractivity contribution in [2.45, 2.75) is 25.3 Å². The number of rotatable bonds is 2. The molecule has 1 atom stereocenters. The molecule has 0 aliphatic carbocycles. The van der Waals surface area contributed by atoms with Gasteiger partial charge in [-0.05, 0) is 19.3 Å². The second-order valence-corrected chi connectivity index (χ2v) is 6.02. The molecular weight excluding hydrogens is 256 g/mol. The largest absolute Gasteiger partial charge is 0.341 e. The third kappa shape index (κ3) is 2.84. The van der Waals surface area contributed by atoms with Gasteiger partial charge in [-0.25, -0.2) is 0 Å². The lowest BCUT2D eigenvalue weighted by Crippen LogP contribution is -2.41. The SMILES string of the molecule is O=C(C1CSC(c2ccccc2)=N1)N1CCCCC1.